The Morgan fingerprint density at radius 3 is 3.07 bits per heavy atom. The van der Waals surface area contributed by atoms with Gasteiger partial charge in [-0.05, 0) is 31.9 Å². The fraction of sp³-hybridized carbons (Fsp3) is 0.500. The summed E-state index contributed by atoms with van der Waals surface area (Å²) in [6.07, 6.45) is 3.20. The van der Waals surface area contributed by atoms with Gasteiger partial charge in [0.05, 0.1) is 6.10 Å². The second kappa shape index (κ2) is 5.83. The van der Waals surface area contributed by atoms with Crippen molar-refractivity contribution in [3.8, 4) is 0 Å². The van der Waals surface area contributed by atoms with Gasteiger partial charge >= 0.3 is 0 Å². The first-order chi connectivity index (χ1) is 6.68. The number of nitrogens with one attached hydrogen (secondary N) is 1. The third-order valence-electron chi connectivity index (χ3n) is 1.85. The summed E-state index contributed by atoms with van der Waals surface area (Å²) in [4.78, 5) is 3.88. The van der Waals surface area contributed by atoms with Crippen LogP contribution in [0.1, 0.15) is 19.8 Å². The van der Waals surface area contributed by atoms with E-state index in [1.54, 1.807) is 19.2 Å². The van der Waals surface area contributed by atoms with Crippen molar-refractivity contribution in [2.45, 2.75) is 25.9 Å². The number of anilines is 1. The van der Waals surface area contributed by atoms with Crippen LogP contribution in [0.15, 0.2) is 18.3 Å². The van der Waals surface area contributed by atoms with Crippen LogP contribution in [-0.4, -0.2) is 22.7 Å². The lowest BCUT2D eigenvalue weighted by atomic mass is 10.2. The minimum atomic E-state index is -0.224. The van der Waals surface area contributed by atoms with Crippen molar-refractivity contribution in [1.82, 2.24) is 4.98 Å². The smallest absolute Gasteiger partial charge is 0.131 e. The SMILES string of the molecule is CC(O)CCCNc1ccnc(Cl)c1. The largest absolute Gasteiger partial charge is 0.393 e. The van der Waals surface area contributed by atoms with E-state index < -0.39 is 0 Å². The summed E-state index contributed by atoms with van der Waals surface area (Å²) in [5.41, 5.74) is 0.968. The van der Waals surface area contributed by atoms with Gasteiger partial charge in [0.2, 0.25) is 0 Å². The van der Waals surface area contributed by atoms with E-state index in [0.29, 0.717) is 5.15 Å². The Morgan fingerprint density at radius 2 is 2.43 bits per heavy atom. The van der Waals surface area contributed by atoms with Crippen molar-refractivity contribution in [2.75, 3.05) is 11.9 Å². The Bertz CT molecular complexity index is 279. The maximum Gasteiger partial charge on any atom is 0.131 e. The van der Waals surface area contributed by atoms with Crippen LogP contribution in [0.3, 0.4) is 0 Å². The van der Waals surface area contributed by atoms with Gasteiger partial charge in [0.15, 0.2) is 0 Å². The molecule has 78 valence electrons. The van der Waals surface area contributed by atoms with Gasteiger partial charge in [0.25, 0.3) is 0 Å². The molecule has 0 saturated heterocycles. The minimum absolute atomic E-state index is 0.224. The van der Waals surface area contributed by atoms with E-state index in [0.717, 1.165) is 25.1 Å². The number of hydrogen-bond acceptors (Lipinski definition) is 3. The molecule has 0 aromatic carbocycles. The third-order valence-corrected chi connectivity index (χ3v) is 2.06. The van der Waals surface area contributed by atoms with E-state index in [4.69, 9.17) is 16.7 Å². The first kappa shape index (κ1) is 11.3. The van der Waals surface area contributed by atoms with Gasteiger partial charge in [0, 0.05) is 18.4 Å². The number of aliphatic hydroxyl groups is 1. The predicted octanol–water partition coefficient (Wildman–Crippen LogP) is 2.31. The molecule has 1 atom stereocenters. The molecule has 2 N–H and O–H groups in total. The maximum absolute atomic E-state index is 9.03. The molecule has 0 spiro atoms. The van der Waals surface area contributed by atoms with Gasteiger partial charge in [-0.2, -0.15) is 0 Å². The zero-order valence-corrected chi connectivity index (χ0v) is 8.96. The number of aromatic nitrogens is 1. The van der Waals surface area contributed by atoms with Crippen LogP contribution in [0.2, 0.25) is 5.15 Å². The minimum Gasteiger partial charge on any atom is -0.393 e. The quantitative estimate of drug-likeness (QED) is 0.584. The molecule has 0 bridgehead atoms. The van der Waals surface area contributed by atoms with Crippen LogP contribution in [0.5, 0.6) is 0 Å². The van der Waals surface area contributed by atoms with E-state index in [2.05, 4.69) is 10.3 Å². The summed E-state index contributed by atoms with van der Waals surface area (Å²) in [6, 6.07) is 3.65. The van der Waals surface area contributed by atoms with Gasteiger partial charge in [-0.15, -0.1) is 0 Å². The number of halogens is 1. The van der Waals surface area contributed by atoms with E-state index in [1.165, 1.54) is 0 Å². The number of nitrogens with zero attached hydrogens (tertiary/aromatic N) is 1. The Hall–Kier alpha value is -0.800. The Balaban J connectivity index is 2.25. The molecular weight excluding hydrogens is 200 g/mol. The zero-order chi connectivity index (χ0) is 10.4. The van der Waals surface area contributed by atoms with Crippen molar-refractivity contribution < 1.29 is 5.11 Å². The molecule has 1 aromatic heterocycles. The Labute approximate surface area is 89.1 Å². The molecule has 1 rings (SSSR count). The molecular formula is C10H15ClN2O. The van der Waals surface area contributed by atoms with Gasteiger partial charge in [0.1, 0.15) is 5.15 Å². The summed E-state index contributed by atoms with van der Waals surface area (Å²) in [5.74, 6) is 0. The highest BCUT2D eigenvalue weighted by molar-refractivity contribution is 6.29. The average Bonchev–Trinajstić information content (AvgIpc) is 2.12. The monoisotopic (exact) mass is 214 g/mol. The lowest BCUT2D eigenvalue weighted by Crippen LogP contribution is -2.06. The molecule has 14 heavy (non-hydrogen) atoms. The van der Waals surface area contributed by atoms with E-state index in [-0.39, 0.29) is 6.10 Å². The van der Waals surface area contributed by atoms with Gasteiger partial charge in [-0.1, -0.05) is 11.6 Å². The second-order valence-electron chi connectivity index (χ2n) is 3.29. The first-order valence-corrected chi connectivity index (χ1v) is 5.10. The summed E-state index contributed by atoms with van der Waals surface area (Å²) < 4.78 is 0. The number of aliphatic hydroxyl groups excluding tert-OH is 1. The van der Waals surface area contributed by atoms with Gasteiger partial charge in [-0.25, -0.2) is 4.98 Å². The average molecular weight is 215 g/mol. The highest BCUT2D eigenvalue weighted by atomic mass is 35.5. The highest BCUT2D eigenvalue weighted by Crippen LogP contribution is 2.11. The highest BCUT2D eigenvalue weighted by Gasteiger charge is 1.96. The summed E-state index contributed by atoms with van der Waals surface area (Å²) in [7, 11) is 0. The van der Waals surface area contributed by atoms with Crippen LogP contribution in [0.25, 0.3) is 0 Å². The van der Waals surface area contributed by atoms with Crippen molar-refractivity contribution in [1.29, 1.82) is 0 Å². The molecule has 4 heteroatoms. The maximum atomic E-state index is 9.03. The molecule has 1 aromatic rings. The van der Waals surface area contributed by atoms with Crippen LogP contribution >= 0.6 is 11.6 Å². The molecule has 3 nitrogen and oxygen atoms in total. The van der Waals surface area contributed by atoms with Crippen LogP contribution < -0.4 is 5.32 Å². The number of hydrogen-bond donors (Lipinski definition) is 2. The number of pyridine rings is 1. The summed E-state index contributed by atoms with van der Waals surface area (Å²) in [5, 5.41) is 12.7. The third kappa shape index (κ3) is 4.44. The second-order valence-corrected chi connectivity index (χ2v) is 3.67. The topological polar surface area (TPSA) is 45.1 Å². The van der Waals surface area contributed by atoms with Gasteiger partial charge < -0.3 is 10.4 Å². The number of rotatable bonds is 5. The lowest BCUT2D eigenvalue weighted by molar-refractivity contribution is 0.183. The molecule has 0 aliphatic carbocycles. The fourth-order valence-electron chi connectivity index (χ4n) is 1.14. The Kier molecular flexibility index (Phi) is 4.70. The van der Waals surface area contributed by atoms with E-state index >= 15 is 0 Å². The molecule has 1 unspecified atom stereocenters. The fourth-order valence-corrected chi connectivity index (χ4v) is 1.32. The normalized spacial score (nSPS) is 12.5. The predicted molar refractivity (Wildman–Crippen MR) is 58.7 cm³/mol. The molecule has 1 heterocycles. The lowest BCUT2D eigenvalue weighted by Gasteiger charge is -2.07. The van der Waals surface area contributed by atoms with Crippen molar-refractivity contribution in [2.24, 2.45) is 0 Å². The summed E-state index contributed by atoms with van der Waals surface area (Å²) in [6.45, 7) is 2.63. The Morgan fingerprint density at radius 1 is 1.64 bits per heavy atom. The molecule has 0 amide bonds. The van der Waals surface area contributed by atoms with Gasteiger partial charge in [-0.3, -0.25) is 0 Å². The zero-order valence-electron chi connectivity index (χ0n) is 8.20. The molecule has 0 aliphatic rings. The molecule has 0 aliphatic heterocycles. The summed E-state index contributed by atoms with van der Waals surface area (Å²) >= 11 is 5.72. The van der Waals surface area contributed by atoms with Crippen LogP contribution in [0, 0.1) is 0 Å². The van der Waals surface area contributed by atoms with E-state index in [9.17, 15) is 0 Å². The standard InChI is InChI=1S/C10H15ClN2O/c1-8(14)3-2-5-12-9-4-6-13-10(11)7-9/h4,6-8,14H,2-3,5H2,1H3,(H,12,13). The molecule has 0 saturated carbocycles. The van der Waals surface area contributed by atoms with Crippen LogP contribution in [0.4, 0.5) is 5.69 Å². The molecule has 0 radical (unpaired) electrons. The van der Waals surface area contributed by atoms with Crippen LogP contribution in [-0.2, 0) is 0 Å². The van der Waals surface area contributed by atoms with E-state index in [1.807, 2.05) is 6.07 Å². The van der Waals surface area contributed by atoms with Crippen molar-refractivity contribution in [3.05, 3.63) is 23.5 Å². The van der Waals surface area contributed by atoms with Crippen molar-refractivity contribution in [3.63, 3.8) is 0 Å². The molecule has 0 fully saturated rings. The van der Waals surface area contributed by atoms with Crippen molar-refractivity contribution >= 4 is 17.3 Å². The first-order valence-electron chi connectivity index (χ1n) is 4.72.